The minimum absolute atomic E-state index is 0.138. The van der Waals surface area contributed by atoms with Crippen molar-refractivity contribution < 1.29 is 9.53 Å². The summed E-state index contributed by atoms with van der Waals surface area (Å²) in [4.78, 5) is 12.3. The number of anilines is 1. The van der Waals surface area contributed by atoms with Crippen LogP contribution in [0.2, 0.25) is 0 Å². The summed E-state index contributed by atoms with van der Waals surface area (Å²) < 4.78 is 7.26. The first-order chi connectivity index (χ1) is 10.1. The van der Waals surface area contributed by atoms with Gasteiger partial charge in [-0.3, -0.25) is 9.48 Å². The first-order valence-corrected chi connectivity index (χ1v) is 7.82. The molecule has 0 bridgehead atoms. The molecule has 0 radical (unpaired) electrons. The van der Waals surface area contributed by atoms with E-state index in [0.717, 1.165) is 19.3 Å². The number of nitrogens with zero attached hydrogens (tertiary/aromatic N) is 2. The third-order valence-corrected chi connectivity index (χ3v) is 3.77. The highest BCUT2D eigenvalue weighted by atomic mass is 16.5. The monoisotopic (exact) mass is 294 g/mol. The molecule has 2 rings (SSSR count). The Morgan fingerprint density at radius 2 is 2.24 bits per heavy atom. The van der Waals surface area contributed by atoms with E-state index in [1.807, 2.05) is 18.5 Å². The van der Waals surface area contributed by atoms with Crippen LogP contribution in [0.4, 0.5) is 5.69 Å². The molecule has 1 aliphatic carbocycles. The molecule has 1 saturated carbocycles. The van der Waals surface area contributed by atoms with Gasteiger partial charge in [-0.1, -0.05) is 12.8 Å². The van der Waals surface area contributed by atoms with Gasteiger partial charge in [-0.15, -0.1) is 0 Å². The van der Waals surface area contributed by atoms with Crippen LogP contribution in [0.1, 0.15) is 62.5 Å². The number of rotatable bonds is 7. The van der Waals surface area contributed by atoms with Crippen LogP contribution in [0.5, 0.6) is 0 Å². The van der Waals surface area contributed by atoms with Crippen LogP contribution in [0.25, 0.3) is 0 Å². The molecule has 0 aliphatic heterocycles. The van der Waals surface area contributed by atoms with Crippen molar-refractivity contribution in [2.45, 2.75) is 58.1 Å². The average Bonchev–Trinajstić information content (AvgIpc) is 3.06. The minimum Gasteiger partial charge on any atom is -0.396 e. The Morgan fingerprint density at radius 1 is 1.52 bits per heavy atom. The molecule has 0 saturated heterocycles. The summed E-state index contributed by atoms with van der Waals surface area (Å²) in [7, 11) is 0. The van der Waals surface area contributed by atoms with Crippen molar-refractivity contribution >= 4 is 11.6 Å². The molecule has 1 heterocycles. The Labute approximate surface area is 126 Å². The molecule has 6 heteroatoms. The first-order valence-electron chi connectivity index (χ1n) is 7.82. The number of ether oxygens (including phenoxy) is 1. The van der Waals surface area contributed by atoms with Gasteiger partial charge in [0.2, 0.25) is 0 Å². The molecule has 1 fully saturated rings. The van der Waals surface area contributed by atoms with Gasteiger partial charge in [-0.05, 0) is 33.1 Å². The number of nitrogens with one attached hydrogen (secondary N) is 1. The molecule has 1 amide bonds. The Hall–Kier alpha value is -1.56. The largest absolute Gasteiger partial charge is 0.396 e. The SMILES string of the molecule is CC(C)OCCCNC(=O)c1c(N)cnn1C1CCCC1. The van der Waals surface area contributed by atoms with Crippen LogP contribution in [0.15, 0.2) is 6.20 Å². The smallest absolute Gasteiger partial charge is 0.271 e. The molecule has 1 aromatic rings. The second kappa shape index (κ2) is 7.45. The van der Waals surface area contributed by atoms with Gasteiger partial charge >= 0.3 is 0 Å². The lowest BCUT2D eigenvalue weighted by Crippen LogP contribution is -2.29. The third-order valence-electron chi connectivity index (χ3n) is 3.77. The Kier molecular flexibility index (Phi) is 5.61. The highest BCUT2D eigenvalue weighted by molar-refractivity contribution is 5.97. The number of carbonyl (C=O) groups is 1. The fourth-order valence-electron chi connectivity index (χ4n) is 2.71. The summed E-state index contributed by atoms with van der Waals surface area (Å²) in [6, 6.07) is 0.312. The fourth-order valence-corrected chi connectivity index (χ4v) is 2.71. The van der Waals surface area contributed by atoms with E-state index in [9.17, 15) is 4.79 Å². The molecule has 0 unspecified atom stereocenters. The van der Waals surface area contributed by atoms with E-state index >= 15 is 0 Å². The van der Waals surface area contributed by atoms with E-state index < -0.39 is 0 Å². The van der Waals surface area contributed by atoms with Gasteiger partial charge < -0.3 is 15.8 Å². The fraction of sp³-hybridized carbons (Fsp3) is 0.733. The number of carbonyl (C=O) groups excluding carboxylic acids is 1. The Balaban J connectivity index is 1.88. The van der Waals surface area contributed by atoms with Gasteiger partial charge in [0.1, 0.15) is 5.69 Å². The Morgan fingerprint density at radius 3 is 2.90 bits per heavy atom. The molecular weight excluding hydrogens is 268 g/mol. The van der Waals surface area contributed by atoms with Crippen molar-refractivity contribution in [1.82, 2.24) is 15.1 Å². The zero-order valence-corrected chi connectivity index (χ0v) is 13.0. The summed E-state index contributed by atoms with van der Waals surface area (Å²) in [5.74, 6) is -0.138. The second-order valence-corrected chi connectivity index (χ2v) is 5.86. The molecule has 1 aromatic heterocycles. The maximum absolute atomic E-state index is 12.3. The Bertz CT molecular complexity index is 464. The van der Waals surface area contributed by atoms with Crippen molar-refractivity contribution in [1.29, 1.82) is 0 Å². The van der Waals surface area contributed by atoms with Gasteiger partial charge in [0.25, 0.3) is 5.91 Å². The third kappa shape index (κ3) is 4.20. The highest BCUT2D eigenvalue weighted by Crippen LogP contribution is 2.31. The molecular formula is C15H26N4O2. The van der Waals surface area contributed by atoms with E-state index in [-0.39, 0.29) is 12.0 Å². The van der Waals surface area contributed by atoms with Crippen LogP contribution in [0, 0.1) is 0 Å². The van der Waals surface area contributed by atoms with Gasteiger partial charge in [-0.25, -0.2) is 0 Å². The quantitative estimate of drug-likeness (QED) is 0.755. The van der Waals surface area contributed by atoms with Crippen molar-refractivity contribution in [3.8, 4) is 0 Å². The maximum atomic E-state index is 12.3. The normalized spacial score (nSPS) is 15.8. The zero-order valence-electron chi connectivity index (χ0n) is 13.0. The summed E-state index contributed by atoms with van der Waals surface area (Å²) in [6.07, 6.45) is 7.12. The number of hydrogen-bond acceptors (Lipinski definition) is 4. The average molecular weight is 294 g/mol. The van der Waals surface area contributed by atoms with Gasteiger partial charge in [0.05, 0.1) is 24.0 Å². The lowest BCUT2D eigenvalue weighted by atomic mass is 10.2. The lowest BCUT2D eigenvalue weighted by molar-refractivity contribution is 0.0755. The summed E-state index contributed by atoms with van der Waals surface area (Å²) >= 11 is 0. The predicted molar refractivity (Wildman–Crippen MR) is 82.2 cm³/mol. The van der Waals surface area contributed by atoms with Crippen molar-refractivity contribution in [2.24, 2.45) is 0 Å². The van der Waals surface area contributed by atoms with Gasteiger partial charge in [0.15, 0.2) is 0 Å². The topological polar surface area (TPSA) is 82.2 Å². The van der Waals surface area contributed by atoms with Gasteiger partial charge in [-0.2, -0.15) is 5.10 Å². The highest BCUT2D eigenvalue weighted by Gasteiger charge is 2.24. The summed E-state index contributed by atoms with van der Waals surface area (Å²) in [6.45, 7) is 5.23. The number of hydrogen-bond donors (Lipinski definition) is 2. The van der Waals surface area contributed by atoms with Crippen molar-refractivity contribution in [2.75, 3.05) is 18.9 Å². The molecule has 0 spiro atoms. The summed E-state index contributed by atoms with van der Waals surface area (Å²) in [5, 5.41) is 7.20. The van der Waals surface area contributed by atoms with Crippen LogP contribution >= 0.6 is 0 Å². The van der Waals surface area contributed by atoms with Crippen LogP contribution in [-0.2, 0) is 4.74 Å². The molecule has 0 atom stereocenters. The molecule has 3 N–H and O–H groups in total. The standard InChI is InChI=1S/C15H26N4O2/c1-11(2)21-9-5-8-17-15(20)14-13(16)10-18-19(14)12-6-3-4-7-12/h10-12H,3-9,16H2,1-2H3,(H,17,20). The number of aromatic nitrogens is 2. The molecule has 118 valence electrons. The van der Waals surface area contributed by atoms with E-state index in [1.54, 1.807) is 6.20 Å². The van der Waals surface area contributed by atoms with Crippen LogP contribution < -0.4 is 11.1 Å². The lowest BCUT2D eigenvalue weighted by Gasteiger charge is -2.14. The molecule has 1 aliphatic rings. The minimum atomic E-state index is -0.138. The van der Waals surface area contributed by atoms with Crippen molar-refractivity contribution in [3.05, 3.63) is 11.9 Å². The van der Waals surface area contributed by atoms with Crippen LogP contribution in [0.3, 0.4) is 0 Å². The van der Waals surface area contributed by atoms with E-state index in [4.69, 9.17) is 10.5 Å². The number of amides is 1. The van der Waals surface area contributed by atoms with Crippen LogP contribution in [-0.4, -0.2) is 34.9 Å². The van der Waals surface area contributed by atoms with Gasteiger partial charge in [0, 0.05) is 13.2 Å². The predicted octanol–water partition coefficient (Wildman–Crippen LogP) is 2.13. The van der Waals surface area contributed by atoms with E-state index in [0.29, 0.717) is 30.6 Å². The molecule has 6 nitrogen and oxygen atoms in total. The number of nitrogen functional groups attached to an aromatic ring is 1. The molecule has 21 heavy (non-hydrogen) atoms. The van der Waals surface area contributed by atoms with E-state index in [1.165, 1.54) is 12.8 Å². The maximum Gasteiger partial charge on any atom is 0.271 e. The summed E-state index contributed by atoms with van der Waals surface area (Å²) in [5.41, 5.74) is 6.87. The second-order valence-electron chi connectivity index (χ2n) is 5.86. The number of nitrogens with two attached hydrogens (primary N) is 1. The first kappa shape index (κ1) is 15.8. The zero-order chi connectivity index (χ0) is 15.2. The van der Waals surface area contributed by atoms with Crippen molar-refractivity contribution in [3.63, 3.8) is 0 Å². The molecule has 0 aromatic carbocycles. The van der Waals surface area contributed by atoms with E-state index in [2.05, 4.69) is 10.4 Å².